The fraction of sp³-hybridized carbons (Fsp3) is 0.391. The molecule has 4 nitrogen and oxygen atoms in total. The molecule has 2 amide bonds. The second-order valence-corrected chi connectivity index (χ2v) is 8.82. The third kappa shape index (κ3) is 7.41. The standard InChI is InChI=1S/C23H29ClN2O2S/c1-16(2)25-23(28)18(4)26(13-20-7-5-6-8-21(20)24)22(27)15-29-14-19-11-9-17(3)10-12-19/h5-12,16,18H,13-15H2,1-4H3,(H,25,28). The number of benzene rings is 2. The average molecular weight is 433 g/mol. The van der Waals surface area contributed by atoms with Crippen LogP contribution in [0.2, 0.25) is 5.02 Å². The van der Waals surface area contributed by atoms with Crippen molar-refractivity contribution in [1.82, 2.24) is 10.2 Å². The first-order valence-corrected chi connectivity index (χ1v) is 11.3. The van der Waals surface area contributed by atoms with Crippen LogP contribution in [0.3, 0.4) is 0 Å². The van der Waals surface area contributed by atoms with Crippen molar-refractivity contribution in [2.24, 2.45) is 0 Å². The smallest absolute Gasteiger partial charge is 0.242 e. The second kappa shape index (κ2) is 11.3. The van der Waals surface area contributed by atoms with Crippen LogP contribution in [0.15, 0.2) is 48.5 Å². The topological polar surface area (TPSA) is 49.4 Å². The van der Waals surface area contributed by atoms with E-state index in [9.17, 15) is 9.59 Å². The third-order valence-corrected chi connectivity index (χ3v) is 5.87. The van der Waals surface area contributed by atoms with Gasteiger partial charge < -0.3 is 10.2 Å². The lowest BCUT2D eigenvalue weighted by atomic mass is 10.1. The zero-order chi connectivity index (χ0) is 21.4. The lowest BCUT2D eigenvalue weighted by Gasteiger charge is -2.29. The Morgan fingerprint density at radius 2 is 1.72 bits per heavy atom. The molecule has 1 unspecified atom stereocenters. The van der Waals surface area contributed by atoms with Gasteiger partial charge in [0.25, 0.3) is 0 Å². The largest absolute Gasteiger partial charge is 0.352 e. The molecule has 2 rings (SSSR count). The van der Waals surface area contributed by atoms with Crippen molar-refractivity contribution < 1.29 is 9.59 Å². The van der Waals surface area contributed by atoms with Crippen LogP contribution in [-0.4, -0.2) is 34.6 Å². The zero-order valence-electron chi connectivity index (χ0n) is 17.4. The van der Waals surface area contributed by atoms with Crippen LogP contribution in [-0.2, 0) is 21.9 Å². The minimum atomic E-state index is -0.582. The van der Waals surface area contributed by atoms with Gasteiger partial charge in [0.1, 0.15) is 6.04 Å². The highest BCUT2D eigenvalue weighted by Crippen LogP contribution is 2.20. The van der Waals surface area contributed by atoms with Gasteiger partial charge >= 0.3 is 0 Å². The molecule has 0 bridgehead atoms. The number of aryl methyl sites for hydroxylation is 1. The summed E-state index contributed by atoms with van der Waals surface area (Å²) < 4.78 is 0. The van der Waals surface area contributed by atoms with Crippen molar-refractivity contribution in [2.75, 3.05) is 5.75 Å². The molecule has 1 N–H and O–H groups in total. The molecule has 0 fully saturated rings. The fourth-order valence-electron chi connectivity index (χ4n) is 2.82. The number of carbonyl (C=O) groups excluding carboxylic acids is 2. The molecule has 156 valence electrons. The minimum absolute atomic E-state index is 0.0122. The summed E-state index contributed by atoms with van der Waals surface area (Å²) >= 11 is 7.85. The number of carbonyl (C=O) groups is 2. The lowest BCUT2D eigenvalue weighted by Crippen LogP contribution is -2.49. The number of hydrogen-bond donors (Lipinski definition) is 1. The zero-order valence-corrected chi connectivity index (χ0v) is 19.0. The summed E-state index contributed by atoms with van der Waals surface area (Å²) in [4.78, 5) is 27.2. The van der Waals surface area contributed by atoms with E-state index < -0.39 is 6.04 Å². The van der Waals surface area contributed by atoms with E-state index in [0.29, 0.717) is 17.3 Å². The van der Waals surface area contributed by atoms with Gasteiger partial charge in [0.15, 0.2) is 0 Å². The van der Waals surface area contributed by atoms with E-state index >= 15 is 0 Å². The maximum atomic E-state index is 13.0. The summed E-state index contributed by atoms with van der Waals surface area (Å²) in [6, 6.07) is 15.1. The molecule has 0 radical (unpaired) electrons. The molecule has 0 aliphatic heterocycles. The fourth-order valence-corrected chi connectivity index (χ4v) is 3.89. The number of halogens is 1. The maximum Gasteiger partial charge on any atom is 0.242 e. The van der Waals surface area contributed by atoms with Crippen LogP contribution in [0.25, 0.3) is 0 Å². The number of hydrogen-bond acceptors (Lipinski definition) is 3. The van der Waals surface area contributed by atoms with Gasteiger partial charge in [-0.05, 0) is 44.9 Å². The number of amides is 2. The van der Waals surface area contributed by atoms with Crippen LogP contribution in [0.4, 0.5) is 0 Å². The molecule has 0 aromatic heterocycles. The van der Waals surface area contributed by atoms with E-state index in [1.165, 1.54) is 11.1 Å². The summed E-state index contributed by atoms with van der Waals surface area (Å²) in [6.07, 6.45) is 0. The number of nitrogens with zero attached hydrogens (tertiary/aromatic N) is 1. The molecule has 2 aromatic carbocycles. The number of nitrogens with one attached hydrogen (secondary N) is 1. The molecule has 2 aromatic rings. The first-order valence-electron chi connectivity index (χ1n) is 9.74. The van der Waals surface area contributed by atoms with E-state index in [0.717, 1.165) is 11.3 Å². The van der Waals surface area contributed by atoms with Crippen molar-refractivity contribution in [3.63, 3.8) is 0 Å². The SMILES string of the molecule is Cc1ccc(CSCC(=O)N(Cc2ccccc2Cl)C(C)C(=O)NC(C)C)cc1. The van der Waals surface area contributed by atoms with Crippen LogP contribution in [0, 0.1) is 6.92 Å². The molecule has 0 spiro atoms. The molecule has 0 heterocycles. The highest BCUT2D eigenvalue weighted by Gasteiger charge is 2.26. The Hall–Kier alpha value is -1.98. The molecule has 29 heavy (non-hydrogen) atoms. The third-order valence-electron chi connectivity index (χ3n) is 4.51. The minimum Gasteiger partial charge on any atom is -0.352 e. The Labute approximate surface area is 183 Å². The molecule has 1 atom stereocenters. The van der Waals surface area contributed by atoms with Gasteiger partial charge in [0.2, 0.25) is 11.8 Å². The van der Waals surface area contributed by atoms with Crippen molar-refractivity contribution >= 4 is 35.2 Å². The second-order valence-electron chi connectivity index (χ2n) is 7.43. The highest BCUT2D eigenvalue weighted by atomic mass is 35.5. The van der Waals surface area contributed by atoms with Crippen molar-refractivity contribution in [3.8, 4) is 0 Å². The van der Waals surface area contributed by atoms with Gasteiger partial charge in [-0.3, -0.25) is 9.59 Å². The number of thioether (sulfide) groups is 1. The average Bonchev–Trinajstić information content (AvgIpc) is 2.67. The van der Waals surface area contributed by atoms with Crippen LogP contribution < -0.4 is 5.32 Å². The molecular formula is C23H29ClN2O2S. The highest BCUT2D eigenvalue weighted by molar-refractivity contribution is 7.99. The summed E-state index contributed by atoms with van der Waals surface area (Å²) in [7, 11) is 0. The van der Waals surface area contributed by atoms with Crippen molar-refractivity contribution in [3.05, 3.63) is 70.2 Å². The Morgan fingerprint density at radius 3 is 2.34 bits per heavy atom. The van der Waals surface area contributed by atoms with E-state index in [-0.39, 0.29) is 17.9 Å². The maximum absolute atomic E-state index is 13.0. The Balaban J connectivity index is 2.07. The van der Waals surface area contributed by atoms with Gasteiger partial charge in [-0.2, -0.15) is 0 Å². The first-order chi connectivity index (χ1) is 13.8. The monoisotopic (exact) mass is 432 g/mol. The van der Waals surface area contributed by atoms with E-state index in [1.54, 1.807) is 29.7 Å². The van der Waals surface area contributed by atoms with E-state index in [4.69, 9.17) is 11.6 Å². The predicted octanol–water partition coefficient (Wildman–Crippen LogP) is 4.82. The van der Waals surface area contributed by atoms with Crippen LogP contribution in [0.1, 0.15) is 37.5 Å². The van der Waals surface area contributed by atoms with Gasteiger partial charge in [-0.1, -0.05) is 59.6 Å². The van der Waals surface area contributed by atoms with E-state index in [1.807, 2.05) is 32.0 Å². The van der Waals surface area contributed by atoms with Gasteiger partial charge in [0, 0.05) is 23.4 Å². The molecule has 0 saturated heterocycles. The lowest BCUT2D eigenvalue weighted by molar-refractivity contribution is -0.138. The van der Waals surface area contributed by atoms with Gasteiger partial charge in [-0.15, -0.1) is 11.8 Å². The summed E-state index contributed by atoms with van der Waals surface area (Å²) in [5.41, 5.74) is 3.22. The summed E-state index contributed by atoms with van der Waals surface area (Å²) in [5.74, 6) is 0.813. The van der Waals surface area contributed by atoms with Crippen molar-refractivity contribution in [2.45, 2.75) is 52.1 Å². The molecule has 0 aliphatic rings. The Bertz CT molecular complexity index is 824. The van der Waals surface area contributed by atoms with Gasteiger partial charge in [0.05, 0.1) is 5.75 Å². The Kier molecular flexibility index (Phi) is 9.05. The normalized spacial score (nSPS) is 11.9. The molecule has 0 saturated carbocycles. The summed E-state index contributed by atoms with van der Waals surface area (Å²) in [6.45, 7) is 7.93. The predicted molar refractivity (Wildman–Crippen MR) is 122 cm³/mol. The van der Waals surface area contributed by atoms with E-state index in [2.05, 4.69) is 36.5 Å². The molecule has 0 aliphatic carbocycles. The van der Waals surface area contributed by atoms with Crippen LogP contribution in [0.5, 0.6) is 0 Å². The quantitative estimate of drug-likeness (QED) is 0.617. The van der Waals surface area contributed by atoms with Crippen molar-refractivity contribution in [1.29, 1.82) is 0 Å². The van der Waals surface area contributed by atoms with Gasteiger partial charge in [-0.25, -0.2) is 0 Å². The molecule has 6 heteroatoms. The first kappa shape index (κ1) is 23.3. The Morgan fingerprint density at radius 1 is 1.07 bits per heavy atom. The number of rotatable bonds is 9. The molecular weight excluding hydrogens is 404 g/mol. The van der Waals surface area contributed by atoms with Crippen LogP contribution >= 0.6 is 23.4 Å². The summed E-state index contributed by atoms with van der Waals surface area (Å²) in [5, 5.41) is 3.48.